The van der Waals surface area contributed by atoms with Crippen molar-refractivity contribution in [3.05, 3.63) is 47.8 Å². The van der Waals surface area contributed by atoms with Crippen LogP contribution in [0.5, 0.6) is 0 Å². The van der Waals surface area contributed by atoms with Gasteiger partial charge in [-0.2, -0.15) is 0 Å². The van der Waals surface area contributed by atoms with Gasteiger partial charge in [0.05, 0.1) is 17.8 Å². The smallest absolute Gasteiger partial charge is 0.228 e. The molecule has 0 saturated heterocycles. The SMILES string of the molecule is Nc1cc2c(cc1Nc1cccc(F)c1)NC(=O)C2. The summed E-state index contributed by atoms with van der Waals surface area (Å²) in [6.07, 6.45) is 0.347. The number of hydrogen-bond acceptors (Lipinski definition) is 3. The van der Waals surface area contributed by atoms with Crippen LogP contribution in [0, 0.1) is 5.82 Å². The standard InChI is InChI=1S/C14H12FN3O/c15-9-2-1-3-10(6-9)17-13-7-12-8(4-11(13)16)5-14(19)18-12/h1-4,6-7,17H,5,16H2,(H,18,19). The van der Waals surface area contributed by atoms with Crippen LogP contribution in [-0.4, -0.2) is 5.91 Å². The number of nitrogen functional groups attached to an aromatic ring is 1. The van der Waals surface area contributed by atoms with Gasteiger partial charge < -0.3 is 16.4 Å². The Kier molecular flexibility index (Phi) is 2.59. The number of nitrogens with one attached hydrogen (secondary N) is 2. The molecule has 2 aromatic rings. The van der Waals surface area contributed by atoms with Crippen LogP contribution >= 0.6 is 0 Å². The number of carbonyl (C=O) groups is 1. The molecular formula is C14H12FN3O. The number of fused-ring (bicyclic) bond motifs is 1. The number of benzene rings is 2. The van der Waals surface area contributed by atoms with Crippen LogP contribution in [-0.2, 0) is 11.2 Å². The maximum atomic E-state index is 13.1. The molecule has 1 aliphatic rings. The third-order valence-electron chi connectivity index (χ3n) is 3.00. The van der Waals surface area contributed by atoms with Crippen molar-refractivity contribution in [2.45, 2.75) is 6.42 Å². The molecule has 0 atom stereocenters. The molecule has 96 valence electrons. The number of anilines is 4. The Bertz CT molecular complexity index is 670. The summed E-state index contributed by atoms with van der Waals surface area (Å²) in [7, 11) is 0. The first-order valence-corrected chi connectivity index (χ1v) is 5.86. The summed E-state index contributed by atoms with van der Waals surface area (Å²) in [5, 5.41) is 5.79. The molecule has 0 aromatic heterocycles. The van der Waals surface area contributed by atoms with Gasteiger partial charge in [-0.25, -0.2) is 4.39 Å². The van der Waals surface area contributed by atoms with Crippen LogP contribution in [0.25, 0.3) is 0 Å². The van der Waals surface area contributed by atoms with Gasteiger partial charge in [0.25, 0.3) is 0 Å². The minimum absolute atomic E-state index is 0.0442. The Morgan fingerprint density at radius 1 is 1.26 bits per heavy atom. The lowest BCUT2D eigenvalue weighted by atomic mass is 10.1. The van der Waals surface area contributed by atoms with Crippen LogP contribution in [0.2, 0.25) is 0 Å². The minimum atomic E-state index is -0.321. The summed E-state index contributed by atoms with van der Waals surface area (Å²) in [6, 6.07) is 9.63. The summed E-state index contributed by atoms with van der Waals surface area (Å²) in [5.41, 5.74) is 9.34. The van der Waals surface area contributed by atoms with Gasteiger partial charge in [0, 0.05) is 11.4 Å². The fourth-order valence-corrected chi connectivity index (χ4v) is 2.12. The topological polar surface area (TPSA) is 67.2 Å². The molecule has 0 spiro atoms. The molecule has 4 nitrogen and oxygen atoms in total. The summed E-state index contributed by atoms with van der Waals surface area (Å²) in [5.74, 6) is -0.365. The second kappa shape index (κ2) is 4.28. The summed E-state index contributed by atoms with van der Waals surface area (Å²) in [4.78, 5) is 11.3. The van der Waals surface area contributed by atoms with E-state index in [2.05, 4.69) is 10.6 Å². The minimum Gasteiger partial charge on any atom is -0.397 e. The Morgan fingerprint density at radius 3 is 2.89 bits per heavy atom. The zero-order valence-electron chi connectivity index (χ0n) is 10.0. The quantitative estimate of drug-likeness (QED) is 0.724. The van der Waals surface area contributed by atoms with E-state index in [0.717, 1.165) is 11.3 Å². The summed E-state index contributed by atoms with van der Waals surface area (Å²) in [6.45, 7) is 0. The van der Waals surface area contributed by atoms with E-state index in [4.69, 9.17) is 5.73 Å². The van der Waals surface area contributed by atoms with Gasteiger partial charge in [-0.3, -0.25) is 4.79 Å². The number of nitrogens with two attached hydrogens (primary N) is 1. The normalized spacial score (nSPS) is 13.0. The van der Waals surface area contributed by atoms with E-state index in [1.165, 1.54) is 12.1 Å². The number of hydrogen-bond donors (Lipinski definition) is 3. The average Bonchev–Trinajstić information content (AvgIpc) is 2.69. The molecule has 1 aliphatic heterocycles. The van der Waals surface area contributed by atoms with E-state index < -0.39 is 0 Å². The number of amides is 1. The second-order valence-electron chi connectivity index (χ2n) is 4.46. The maximum Gasteiger partial charge on any atom is 0.228 e. The van der Waals surface area contributed by atoms with Crippen molar-refractivity contribution in [3.8, 4) is 0 Å². The highest BCUT2D eigenvalue weighted by Gasteiger charge is 2.19. The summed E-state index contributed by atoms with van der Waals surface area (Å²) >= 11 is 0. The third kappa shape index (κ3) is 2.22. The third-order valence-corrected chi connectivity index (χ3v) is 3.00. The Labute approximate surface area is 109 Å². The Morgan fingerprint density at radius 2 is 2.11 bits per heavy atom. The molecule has 19 heavy (non-hydrogen) atoms. The molecule has 0 saturated carbocycles. The van der Waals surface area contributed by atoms with E-state index in [1.54, 1.807) is 24.3 Å². The Balaban J connectivity index is 1.94. The fourth-order valence-electron chi connectivity index (χ4n) is 2.12. The highest BCUT2D eigenvalue weighted by Crippen LogP contribution is 2.33. The summed E-state index contributed by atoms with van der Waals surface area (Å²) < 4.78 is 13.1. The number of rotatable bonds is 2. The molecule has 0 bridgehead atoms. The molecule has 0 fully saturated rings. The van der Waals surface area contributed by atoms with Crippen molar-refractivity contribution in [2.24, 2.45) is 0 Å². The molecule has 2 aromatic carbocycles. The second-order valence-corrected chi connectivity index (χ2v) is 4.46. The fraction of sp³-hybridized carbons (Fsp3) is 0.0714. The van der Waals surface area contributed by atoms with E-state index >= 15 is 0 Å². The van der Waals surface area contributed by atoms with Crippen molar-refractivity contribution in [1.29, 1.82) is 0 Å². The van der Waals surface area contributed by atoms with Gasteiger partial charge in [0.1, 0.15) is 5.82 Å². The van der Waals surface area contributed by atoms with Crippen LogP contribution in [0.4, 0.5) is 27.1 Å². The molecule has 1 heterocycles. The molecule has 5 heteroatoms. The van der Waals surface area contributed by atoms with Gasteiger partial charge in [-0.1, -0.05) is 6.07 Å². The highest BCUT2D eigenvalue weighted by atomic mass is 19.1. The van der Waals surface area contributed by atoms with Crippen molar-refractivity contribution in [2.75, 3.05) is 16.4 Å². The average molecular weight is 257 g/mol. The predicted octanol–water partition coefficient (Wildman–Crippen LogP) is 2.65. The lowest BCUT2D eigenvalue weighted by molar-refractivity contribution is -0.115. The first kappa shape index (κ1) is 11.5. The molecule has 0 radical (unpaired) electrons. The monoisotopic (exact) mass is 257 g/mol. The Hall–Kier alpha value is -2.56. The van der Waals surface area contributed by atoms with Gasteiger partial charge in [0.2, 0.25) is 5.91 Å². The van der Waals surface area contributed by atoms with Crippen LogP contribution < -0.4 is 16.4 Å². The van der Waals surface area contributed by atoms with E-state index in [0.29, 0.717) is 23.5 Å². The van der Waals surface area contributed by atoms with Crippen molar-refractivity contribution in [1.82, 2.24) is 0 Å². The first-order valence-electron chi connectivity index (χ1n) is 5.86. The lowest BCUT2D eigenvalue weighted by Crippen LogP contribution is -2.03. The molecule has 0 aliphatic carbocycles. The van der Waals surface area contributed by atoms with E-state index in [9.17, 15) is 9.18 Å². The van der Waals surface area contributed by atoms with E-state index in [-0.39, 0.29) is 11.7 Å². The van der Waals surface area contributed by atoms with E-state index in [1.807, 2.05) is 0 Å². The van der Waals surface area contributed by atoms with Crippen LogP contribution in [0.1, 0.15) is 5.56 Å². The first-order chi connectivity index (χ1) is 9.11. The van der Waals surface area contributed by atoms with Crippen LogP contribution in [0.15, 0.2) is 36.4 Å². The van der Waals surface area contributed by atoms with Gasteiger partial charge in [0.15, 0.2) is 0 Å². The maximum absolute atomic E-state index is 13.1. The lowest BCUT2D eigenvalue weighted by Gasteiger charge is -2.11. The largest absolute Gasteiger partial charge is 0.397 e. The van der Waals surface area contributed by atoms with Crippen molar-refractivity contribution < 1.29 is 9.18 Å². The van der Waals surface area contributed by atoms with Crippen LogP contribution in [0.3, 0.4) is 0 Å². The highest BCUT2D eigenvalue weighted by molar-refractivity contribution is 6.01. The number of halogens is 1. The van der Waals surface area contributed by atoms with Crippen molar-refractivity contribution in [3.63, 3.8) is 0 Å². The molecule has 1 amide bonds. The predicted molar refractivity (Wildman–Crippen MR) is 72.9 cm³/mol. The molecular weight excluding hydrogens is 245 g/mol. The molecule has 4 N–H and O–H groups in total. The molecule has 3 rings (SSSR count). The van der Waals surface area contributed by atoms with Gasteiger partial charge in [-0.05, 0) is 35.9 Å². The van der Waals surface area contributed by atoms with Gasteiger partial charge in [-0.15, -0.1) is 0 Å². The molecule has 0 unspecified atom stereocenters. The number of carbonyl (C=O) groups excluding carboxylic acids is 1. The van der Waals surface area contributed by atoms with Crippen molar-refractivity contribution >= 4 is 28.7 Å². The zero-order chi connectivity index (χ0) is 13.4. The van der Waals surface area contributed by atoms with Gasteiger partial charge >= 0.3 is 0 Å². The zero-order valence-corrected chi connectivity index (χ0v) is 10.0.